The molecule has 0 aliphatic carbocycles. The molecule has 25 heavy (non-hydrogen) atoms. The van der Waals surface area contributed by atoms with Crippen LogP contribution in [0.25, 0.3) is 10.9 Å². The van der Waals surface area contributed by atoms with Crippen molar-refractivity contribution in [1.29, 1.82) is 0 Å². The number of fused-ring (bicyclic) bond motifs is 1. The van der Waals surface area contributed by atoms with Gasteiger partial charge in [0.05, 0.1) is 0 Å². The largest absolute Gasteiger partial charge is 4.00 e. The molecule has 0 aliphatic rings. The molecule has 0 bridgehead atoms. The Morgan fingerprint density at radius 2 is 1.36 bits per heavy atom. The molecule has 0 saturated carbocycles. The second-order valence-corrected chi connectivity index (χ2v) is 5.58. The number of nitrogens with zero attached hydrogens (tertiary/aromatic N) is 1. The number of pyridine rings is 1. The Morgan fingerprint density at radius 3 is 1.72 bits per heavy atom. The Kier molecular flexibility index (Phi) is 14.7. The van der Waals surface area contributed by atoms with E-state index < -0.39 is 0 Å². The number of rotatable bonds is 0. The van der Waals surface area contributed by atoms with Crippen LogP contribution < -0.4 is 0 Å². The first kappa shape index (κ1) is 28.4. The summed E-state index contributed by atoms with van der Waals surface area (Å²) in [6.45, 7) is 17.1. The van der Waals surface area contributed by atoms with E-state index in [1.807, 2.05) is 38.2 Å². The van der Waals surface area contributed by atoms with Gasteiger partial charge >= 0.3 is 17.1 Å². The minimum Gasteiger partial charge on any atom is -0.358 e. The number of hydrogen-bond donors (Lipinski definition) is 0. The van der Waals surface area contributed by atoms with Crippen LogP contribution in [0.3, 0.4) is 0 Å². The molecule has 1 aromatic heterocycles. The van der Waals surface area contributed by atoms with Crippen LogP contribution in [0.1, 0.15) is 47.2 Å². The molecule has 1 nitrogen and oxygen atoms in total. The van der Waals surface area contributed by atoms with Gasteiger partial charge in [-0.2, -0.15) is 39.9 Å². The fourth-order valence-corrected chi connectivity index (χ4v) is 2.58. The smallest absolute Gasteiger partial charge is 0.358 e. The molecule has 0 fully saturated rings. The zero-order valence-corrected chi connectivity index (χ0v) is 18.8. The second-order valence-electron chi connectivity index (χ2n) is 5.58. The van der Waals surface area contributed by atoms with Gasteiger partial charge in [0.25, 0.3) is 0 Å². The molecule has 3 rings (SSSR count). The quantitative estimate of drug-likeness (QED) is 0.298. The molecular formula is C23H35FeN. The van der Waals surface area contributed by atoms with Gasteiger partial charge in [0.15, 0.2) is 0 Å². The third-order valence-electron chi connectivity index (χ3n) is 4.57. The molecule has 2 heteroatoms. The van der Waals surface area contributed by atoms with Crippen LogP contribution >= 0.6 is 0 Å². The molecule has 2 aromatic carbocycles. The molecule has 0 amide bonds. The molecule has 0 N–H and O–H groups in total. The summed E-state index contributed by atoms with van der Waals surface area (Å²) in [5, 5.41) is 1.27. The Morgan fingerprint density at radius 1 is 0.880 bits per heavy atom. The van der Waals surface area contributed by atoms with E-state index in [4.69, 9.17) is 0 Å². The summed E-state index contributed by atoms with van der Waals surface area (Å²) in [4.78, 5) is 4.20. The average Bonchev–Trinajstić information content (AvgIpc) is 3.09. The van der Waals surface area contributed by atoms with Crippen LogP contribution in [0, 0.1) is 56.4 Å². The monoisotopic (exact) mass is 381 g/mol. The van der Waals surface area contributed by atoms with Gasteiger partial charge < -0.3 is 19.8 Å². The molecule has 0 unspecified atom stereocenters. The first-order chi connectivity index (χ1) is 10.4. The summed E-state index contributed by atoms with van der Waals surface area (Å²) in [6, 6.07) is 8.19. The summed E-state index contributed by atoms with van der Waals surface area (Å²) in [7, 11) is 0. The van der Waals surface area contributed by atoms with E-state index >= 15 is 0 Å². The Balaban J connectivity index is -0.000000318. The van der Waals surface area contributed by atoms with Crippen molar-refractivity contribution in [3.8, 4) is 0 Å². The first-order valence-electron chi connectivity index (χ1n) is 8.10. The van der Waals surface area contributed by atoms with E-state index in [1.54, 1.807) is 0 Å². The van der Waals surface area contributed by atoms with Crippen molar-refractivity contribution in [1.82, 2.24) is 4.98 Å². The Bertz CT molecular complexity index is 652. The molecule has 1 heterocycles. The molecule has 140 valence electrons. The van der Waals surface area contributed by atoms with Crippen molar-refractivity contribution in [3.05, 3.63) is 78.7 Å². The maximum absolute atomic E-state index is 4.20. The van der Waals surface area contributed by atoms with Gasteiger partial charge in [0.1, 0.15) is 0 Å². The molecule has 0 spiro atoms. The number of aromatic nitrogens is 1. The van der Waals surface area contributed by atoms with Gasteiger partial charge in [-0.25, -0.2) is 0 Å². The molecule has 3 aromatic rings. The van der Waals surface area contributed by atoms with Crippen LogP contribution in [-0.4, -0.2) is 4.98 Å². The number of aryl methyl sites for hydroxylation is 1. The normalized spacial score (nSPS) is 8.64. The first-order valence-corrected chi connectivity index (χ1v) is 8.10. The molecule has 0 aliphatic heterocycles. The van der Waals surface area contributed by atoms with Crippen LogP contribution in [0.5, 0.6) is 0 Å². The van der Waals surface area contributed by atoms with Gasteiger partial charge in [-0.05, 0) is 0 Å². The van der Waals surface area contributed by atoms with Gasteiger partial charge in [-0.15, -0.1) is 17.0 Å². The third-order valence-corrected chi connectivity index (χ3v) is 4.57. The standard InChI is InChI=1S/C10H15.C9H8N.C2H6.2CH3.Fe/c1-6-7(2)9(4)10(5)8(6)3;1-7-5-6-10-9-4-2-3-8(7)9;1-2;;;/h1-5H3;2-6H,1H3;1-2H3;2*1H3;/q2*-1;;2*-1;+4. The third kappa shape index (κ3) is 6.45. The maximum Gasteiger partial charge on any atom is 4.00 e. The summed E-state index contributed by atoms with van der Waals surface area (Å²) in [5.74, 6) is 0. The van der Waals surface area contributed by atoms with Crippen molar-refractivity contribution >= 4 is 10.9 Å². The number of hydrogen-bond acceptors (Lipinski definition) is 1. The van der Waals surface area contributed by atoms with Crippen molar-refractivity contribution in [3.63, 3.8) is 0 Å². The minimum atomic E-state index is 0. The van der Waals surface area contributed by atoms with E-state index in [0.717, 1.165) is 5.52 Å². The van der Waals surface area contributed by atoms with Gasteiger partial charge in [0.2, 0.25) is 0 Å². The summed E-state index contributed by atoms with van der Waals surface area (Å²) < 4.78 is 0. The molecule has 0 atom stereocenters. The Hall–Kier alpha value is -1.37. The van der Waals surface area contributed by atoms with Crippen molar-refractivity contribution in [2.45, 2.75) is 55.4 Å². The Labute approximate surface area is 167 Å². The van der Waals surface area contributed by atoms with Crippen molar-refractivity contribution < 1.29 is 17.1 Å². The topological polar surface area (TPSA) is 12.9 Å². The molecular weight excluding hydrogens is 346 g/mol. The van der Waals surface area contributed by atoms with E-state index in [0.29, 0.717) is 0 Å². The van der Waals surface area contributed by atoms with E-state index in [9.17, 15) is 0 Å². The summed E-state index contributed by atoms with van der Waals surface area (Å²) >= 11 is 0. The van der Waals surface area contributed by atoms with Gasteiger partial charge in [-0.3, -0.25) is 0 Å². The van der Waals surface area contributed by atoms with Crippen LogP contribution in [0.15, 0.2) is 30.5 Å². The van der Waals surface area contributed by atoms with Crippen LogP contribution in [-0.2, 0) is 17.1 Å². The van der Waals surface area contributed by atoms with E-state index in [1.165, 1.54) is 38.8 Å². The van der Waals surface area contributed by atoms with Crippen molar-refractivity contribution in [2.24, 2.45) is 0 Å². The van der Waals surface area contributed by atoms with Gasteiger partial charge in [-0.1, -0.05) is 67.0 Å². The molecule has 0 radical (unpaired) electrons. The predicted molar refractivity (Wildman–Crippen MR) is 112 cm³/mol. The minimum absolute atomic E-state index is 0. The average molecular weight is 381 g/mol. The van der Waals surface area contributed by atoms with Gasteiger partial charge in [0, 0.05) is 6.20 Å². The van der Waals surface area contributed by atoms with E-state index in [-0.39, 0.29) is 31.9 Å². The van der Waals surface area contributed by atoms with Crippen LogP contribution in [0.2, 0.25) is 0 Å². The zero-order chi connectivity index (χ0) is 16.9. The molecule has 0 saturated heterocycles. The summed E-state index contributed by atoms with van der Waals surface area (Å²) in [5.41, 5.74) is 9.74. The fraction of sp³-hybridized carbons (Fsp3) is 0.348. The van der Waals surface area contributed by atoms with Crippen LogP contribution in [0.4, 0.5) is 0 Å². The predicted octanol–water partition coefficient (Wildman–Crippen LogP) is 7.13. The van der Waals surface area contributed by atoms with Crippen molar-refractivity contribution in [2.75, 3.05) is 0 Å². The fourth-order valence-electron chi connectivity index (χ4n) is 2.58. The second kappa shape index (κ2) is 12.9. The maximum atomic E-state index is 4.20. The SMILES string of the molecule is CC.Cc1c(C)c(C)[c-](C)c1C.Cc1ccnc2cc[cH-]c12.[CH3-].[CH3-].[Fe+4]. The van der Waals surface area contributed by atoms with E-state index in [2.05, 4.69) is 52.6 Å². The zero-order valence-electron chi connectivity index (χ0n) is 17.7. The summed E-state index contributed by atoms with van der Waals surface area (Å²) in [6.07, 6.45) is 1.84.